The van der Waals surface area contributed by atoms with Crippen LogP contribution in [-0.4, -0.2) is 73.3 Å². The molecule has 2 atom stereocenters. The van der Waals surface area contributed by atoms with Gasteiger partial charge < -0.3 is 24.3 Å². The molecule has 0 radical (unpaired) electrons. The van der Waals surface area contributed by atoms with Crippen molar-refractivity contribution in [3.63, 3.8) is 0 Å². The van der Waals surface area contributed by atoms with E-state index in [1.54, 1.807) is 70.4 Å². The molecule has 1 aliphatic rings. The molecule has 4 heterocycles. The smallest absolute Gasteiger partial charge is 0.438 e. The molecule has 24 heteroatoms. The van der Waals surface area contributed by atoms with E-state index in [2.05, 4.69) is 32.5 Å². The molecule has 1 fully saturated rings. The molecule has 3 aromatic heterocycles. The van der Waals surface area contributed by atoms with Gasteiger partial charge in [0.05, 0.1) is 48.9 Å². The van der Waals surface area contributed by atoms with Crippen molar-refractivity contribution in [1.82, 2.24) is 34.3 Å². The fourth-order valence-electron chi connectivity index (χ4n) is 7.71. The van der Waals surface area contributed by atoms with Crippen LogP contribution in [-0.2, 0) is 45.0 Å². The molecule has 1 N–H and O–H groups in total. The SMILES string of the molecule is CCCC1COC(Cn2cncn2)(c2ccc(Cl)cc2Cl)O1.COC(=O)N(OC)c1ccccc1COc1ccn(-c2ccc(Cl)cc2)n1.Cn1cc(C(=O)Nc2ccccc2-c2cc(F)c(F)c(F)c2)c(C(F)F)n1. The Morgan fingerprint density at radius 3 is 2.29 bits per heavy atom. The van der Waals surface area contributed by atoms with E-state index < -0.39 is 47.4 Å². The normalized spacial score (nSPS) is 14.8. The zero-order valence-corrected chi connectivity index (χ0v) is 43.1. The Morgan fingerprint density at radius 1 is 0.908 bits per heavy atom. The summed E-state index contributed by atoms with van der Waals surface area (Å²) in [5.74, 6) is -5.78. The van der Waals surface area contributed by atoms with Crippen molar-refractivity contribution in [2.75, 3.05) is 31.2 Å². The molecule has 16 nitrogen and oxygen atoms in total. The van der Waals surface area contributed by atoms with Crippen LogP contribution in [0.1, 0.15) is 53.4 Å². The molecule has 8 aromatic rings. The third kappa shape index (κ3) is 13.9. The summed E-state index contributed by atoms with van der Waals surface area (Å²) < 4.78 is 93.5. The molecular weight excluding hydrogens is 1060 g/mol. The molecule has 9 rings (SSSR count). The van der Waals surface area contributed by atoms with Crippen molar-refractivity contribution in [2.45, 2.75) is 51.2 Å². The minimum Gasteiger partial charge on any atom is -0.472 e. The molecule has 398 valence electrons. The Labute approximate surface area is 447 Å². The van der Waals surface area contributed by atoms with E-state index in [4.69, 9.17) is 58.6 Å². The van der Waals surface area contributed by atoms with Crippen LogP contribution < -0.4 is 15.1 Å². The molecule has 0 aliphatic carbocycles. The molecule has 2 unspecified atom stereocenters. The standard InChI is InChI=1S/C19H18ClN3O4.C18H12F5N3O.C15H17Cl2N3O2/c1-25-19(24)23(26-2)17-6-4-3-5-14(17)13-27-18-11-12-22(21-18)16-9-7-15(20)8-10-16;1-26-8-11(16(25-26)17(22)23)18(27)24-14-5-3-2-4-10(14)9-6-12(19)15(21)13(20)7-9;1-2-3-12-7-21-15(22-12,8-20-10-18-9-19-20)13-5-4-11(16)6-14(13)17/h3-12H,13H2,1-2H3;2-8,17H,1H3,(H,24,27);4-6,9-10,12H,2-3,7-8H2,1H3. The van der Waals surface area contributed by atoms with E-state index in [1.807, 2.05) is 30.3 Å². The number of aryl methyl sites for hydroxylation is 1. The van der Waals surface area contributed by atoms with Crippen molar-refractivity contribution >= 4 is 58.2 Å². The number of halogens is 8. The summed E-state index contributed by atoms with van der Waals surface area (Å²) in [6.07, 6.45) is 4.46. The molecule has 0 spiro atoms. The van der Waals surface area contributed by atoms with Crippen LogP contribution in [0, 0.1) is 17.5 Å². The minimum absolute atomic E-state index is 0.0254. The summed E-state index contributed by atoms with van der Waals surface area (Å²) in [6.45, 7) is 3.23. The summed E-state index contributed by atoms with van der Waals surface area (Å²) in [6, 6.07) is 29.1. The van der Waals surface area contributed by atoms with Gasteiger partial charge in [-0.15, -0.1) is 5.10 Å². The third-order valence-electron chi connectivity index (χ3n) is 11.2. The highest BCUT2D eigenvalue weighted by Gasteiger charge is 2.45. The van der Waals surface area contributed by atoms with Gasteiger partial charge in [0.2, 0.25) is 11.7 Å². The highest BCUT2D eigenvalue weighted by Crippen LogP contribution is 2.41. The maximum atomic E-state index is 13.5. The van der Waals surface area contributed by atoms with Gasteiger partial charge in [-0.3, -0.25) is 14.3 Å². The van der Waals surface area contributed by atoms with Gasteiger partial charge in [0.25, 0.3) is 12.3 Å². The number of anilines is 2. The predicted molar refractivity (Wildman–Crippen MR) is 273 cm³/mol. The van der Waals surface area contributed by atoms with Gasteiger partial charge in [-0.1, -0.05) is 90.6 Å². The quantitative estimate of drug-likeness (QED) is 0.0591. The van der Waals surface area contributed by atoms with Crippen LogP contribution in [0.4, 0.5) is 38.1 Å². The summed E-state index contributed by atoms with van der Waals surface area (Å²) in [5, 5.41) is 17.3. The average molecular weight is 1110 g/mol. The number of para-hydroxylation sites is 2. The molecule has 1 saturated heterocycles. The molecule has 76 heavy (non-hydrogen) atoms. The summed E-state index contributed by atoms with van der Waals surface area (Å²) >= 11 is 18.3. The number of carbonyl (C=O) groups excluding carboxylic acids is 2. The van der Waals surface area contributed by atoms with Crippen molar-refractivity contribution in [3.05, 3.63) is 189 Å². The number of benzene rings is 5. The van der Waals surface area contributed by atoms with Crippen LogP contribution in [0.2, 0.25) is 15.1 Å². The number of hydroxylamine groups is 1. The van der Waals surface area contributed by atoms with Crippen molar-refractivity contribution in [2.24, 2.45) is 7.05 Å². The largest absolute Gasteiger partial charge is 0.472 e. The van der Waals surface area contributed by atoms with E-state index >= 15 is 0 Å². The topological polar surface area (TPSA) is 162 Å². The molecule has 1 aliphatic heterocycles. The van der Waals surface area contributed by atoms with Crippen LogP contribution in [0.3, 0.4) is 0 Å². The van der Waals surface area contributed by atoms with E-state index in [0.29, 0.717) is 39.8 Å². The fourth-order valence-corrected chi connectivity index (χ4v) is 8.39. The third-order valence-corrected chi connectivity index (χ3v) is 12.0. The second-order valence-corrected chi connectivity index (χ2v) is 17.7. The number of alkyl halides is 2. The molecule has 0 bridgehead atoms. The van der Waals surface area contributed by atoms with E-state index in [-0.39, 0.29) is 35.1 Å². The van der Waals surface area contributed by atoms with Gasteiger partial charge in [0.1, 0.15) is 31.5 Å². The number of aromatic nitrogens is 7. The number of methoxy groups -OCH3 is 1. The number of carbonyl (C=O) groups is 2. The van der Waals surface area contributed by atoms with Gasteiger partial charge in [0, 0.05) is 57.9 Å². The monoisotopic (exact) mass is 1110 g/mol. The van der Waals surface area contributed by atoms with Gasteiger partial charge in [-0.2, -0.15) is 15.3 Å². The Hall–Kier alpha value is -7.40. The Bertz CT molecular complexity index is 3220. The molecule has 5 aromatic carbocycles. The average Bonchev–Trinajstić information content (AvgIpc) is 4.26. The lowest BCUT2D eigenvalue weighted by atomic mass is 10.0. The van der Waals surface area contributed by atoms with Gasteiger partial charge in [0.15, 0.2) is 17.5 Å². The number of nitrogens with one attached hydrogen (secondary N) is 1. The molecular formula is C52H47Cl3F5N9O7. The lowest BCUT2D eigenvalue weighted by Gasteiger charge is -2.29. The first-order valence-corrected chi connectivity index (χ1v) is 24.1. The maximum Gasteiger partial charge on any atom is 0.438 e. The Balaban J connectivity index is 0.000000167. The van der Waals surface area contributed by atoms with E-state index in [0.717, 1.165) is 57.7 Å². The van der Waals surface area contributed by atoms with Crippen molar-refractivity contribution in [1.29, 1.82) is 0 Å². The first-order valence-electron chi connectivity index (χ1n) is 22.9. The number of amides is 2. The number of hydrogen-bond acceptors (Lipinski definition) is 11. The molecule has 0 saturated carbocycles. The fraction of sp³-hybridized carbons (Fsp3) is 0.231. The van der Waals surface area contributed by atoms with Crippen molar-refractivity contribution < 1.29 is 55.3 Å². The summed E-state index contributed by atoms with van der Waals surface area (Å²) in [5.41, 5.74) is 2.14. The highest BCUT2D eigenvalue weighted by molar-refractivity contribution is 6.35. The van der Waals surface area contributed by atoms with E-state index in [1.165, 1.54) is 45.8 Å². The first-order chi connectivity index (χ1) is 36.5. The second kappa shape index (κ2) is 25.9. The van der Waals surface area contributed by atoms with Crippen LogP contribution in [0.25, 0.3) is 16.8 Å². The van der Waals surface area contributed by atoms with E-state index in [9.17, 15) is 31.5 Å². The van der Waals surface area contributed by atoms with Crippen molar-refractivity contribution in [3.8, 4) is 22.7 Å². The first kappa shape index (κ1) is 56.3. The van der Waals surface area contributed by atoms with Crippen LogP contribution in [0.15, 0.2) is 134 Å². The lowest BCUT2D eigenvalue weighted by Crippen LogP contribution is -2.34. The van der Waals surface area contributed by atoms with Gasteiger partial charge >= 0.3 is 6.09 Å². The Morgan fingerprint density at radius 2 is 1.62 bits per heavy atom. The summed E-state index contributed by atoms with van der Waals surface area (Å²) in [4.78, 5) is 33.4. The molecule has 2 amide bonds. The predicted octanol–water partition coefficient (Wildman–Crippen LogP) is 12.6. The number of nitrogens with zero attached hydrogens (tertiary/aromatic N) is 8. The lowest BCUT2D eigenvalue weighted by molar-refractivity contribution is -0.189. The van der Waals surface area contributed by atoms with Gasteiger partial charge in [-0.05, 0) is 72.6 Å². The van der Waals surface area contributed by atoms with Gasteiger partial charge in [-0.25, -0.2) is 41.1 Å². The minimum atomic E-state index is -2.96. The number of hydrogen-bond donors (Lipinski definition) is 1. The number of ether oxygens (including phenoxy) is 4. The van der Waals surface area contributed by atoms with Crippen LogP contribution >= 0.6 is 34.8 Å². The highest BCUT2D eigenvalue weighted by atomic mass is 35.5. The van der Waals surface area contributed by atoms with Crippen LogP contribution in [0.5, 0.6) is 5.88 Å². The second-order valence-electron chi connectivity index (χ2n) is 16.4. The number of rotatable bonds is 15. The zero-order valence-electron chi connectivity index (χ0n) is 40.9. The summed E-state index contributed by atoms with van der Waals surface area (Å²) in [7, 11) is 4.07. The zero-order chi connectivity index (χ0) is 54.5. The maximum absolute atomic E-state index is 13.5. The Kier molecular flexibility index (Phi) is 19.2.